The minimum absolute atomic E-state index is 0.0785. The van der Waals surface area contributed by atoms with E-state index in [-0.39, 0.29) is 17.1 Å². The van der Waals surface area contributed by atoms with Crippen LogP contribution in [-0.2, 0) is 9.22 Å². The average Bonchev–Trinajstić information content (AvgIpc) is 2.42. The highest BCUT2D eigenvalue weighted by Gasteiger charge is 2.40. The van der Waals surface area contributed by atoms with Crippen LogP contribution in [0.15, 0.2) is 24.3 Å². The van der Waals surface area contributed by atoms with Crippen LogP contribution >= 0.6 is 0 Å². The molecule has 0 aliphatic heterocycles. The predicted molar refractivity (Wildman–Crippen MR) is 96.5 cm³/mol. The van der Waals surface area contributed by atoms with Gasteiger partial charge in [0.1, 0.15) is 6.29 Å². The van der Waals surface area contributed by atoms with Crippen LogP contribution in [-0.4, -0.2) is 31.9 Å². The first kappa shape index (κ1) is 21.3. The van der Waals surface area contributed by atoms with Gasteiger partial charge in [0, 0.05) is 12.0 Å². The van der Waals surface area contributed by atoms with E-state index in [0.29, 0.717) is 6.42 Å². The largest absolute Gasteiger partial charge is 0.414 e. The van der Waals surface area contributed by atoms with Crippen molar-refractivity contribution in [1.29, 1.82) is 0 Å². The second-order valence-corrected chi connectivity index (χ2v) is 12.2. The zero-order valence-corrected chi connectivity index (χ0v) is 16.3. The minimum atomic E-state index is -1.83. The molecule has 128 valence electrons. The van der Waals surface area contributed by atoms with E-state index in [1.54, 1.807) is 12.2 Å². The number of aliphatic hydroxyl groups excluding tert-OH is 1. The van der Waals surface area contributed by atoms with Gasteiger partial charge in [-0.05, 0) is 37.0 Å². The van der Waals surface area contributed by atoms with Crippen LogP contribution in [0.25, 0.3) is 0 Å². The second-order valence-electron chi connectivity index (χ2n) is 7.44. The molecule has 0 spiro atoms. The molecule has 0 aromatic carbocycles. The van der Waals surface area contributed by atoms with Crippen LogP contribution < -0.4 is 0 Å². The fraction of sp³-hybridized carbons (Fsp3) is 0.722. The Morgan fingerprint density at radius 1 is 1.18 bits per heavy atom. The van der Waals surface area contributed by atoms with Crippen molar-refractivity contribution in [3.63, 3.8) is 0 Å². The number of allylic oxidation sites excluding steroid dienone is 3. The molecule has 0 unspecified atom stereocenters. The maximum atomic E-state index is 10.4. The predicted octanol–water partition coefficient (Wildman–Crippen LogP) is 4.49. The van der Waals surface area contributed by atoms with Crippen molar-refractivity contribution in [3.05, 3.63) is 24.3 Å². The van der Waals surface area contributed by atoms with E-state index in [1.807, 2.05) is 6.08 Å². The molecule has 0 heterocycles. The first-order chi connectivity index (χ1) is 10.1. The molecule has 0 radical (unpaired) electrons. The first-order valence-corrected chi connectivity index (χ1v) is 11.1. The van der Waals surface area contributed by atoms with Gasteiger partial charge in [-0.1, -0.05) is 52.8 Å². The first-order valence-electron chi connectivity index (χ1n) is 8.19. The molecule has 0 aliphatic carbocycles. The zero-order valence-electron chi connectivity index (χ0n) is 15.3. The highest BCUT2D eigenvalue weighted by molar-refractivity contribution is 6.74. The Labute approximate surface area is 137 Å². The van der Waals surface area contributed by atoms with Crippen LogP contribution in [0.2, 0.25) is 18.1 Å². The lowest BCUT2D eigenvalue weighted by molar-refractivity contribution is -0.104. The molecule has 0 amide bonds. The van der Waals surface area contributed by atoms with Gasteiger partial charge in [-0.2, -0.15) is 0 Å². The number of aldehydes is 1. The second kappa shape index (κ2) is 9.43. The maximum Gasteiger partial charge on any atom is 0.192 e. The summed E-state index contributed by atoms with van der Waals surface area (Å²) in [5.74, 6) is 0.0822. The Balaban J connectivity index is 4.70. The Kier molecular flexibility index (Phi) is 9.13. The van der Waals surface area contributed by atoms with Crippen LogP contribution in [0, 0.1) is 5.92 Å². The van der Waals surface area contributed by atoms with Crippen molar-refractivity contribution in [3.8, 4) is 0 Å². The van der Waals surface area contributed by atoms with Crippen molar-refractivity contribution in [2.45, 2.75) is 77.8 Å². The van der Waals surface area contributed by atoms with Crippen molar-refractivity contribution in [2.75, 3.05) is 0 Å². The lowest BCUT2D eigenvalue weighted by Gasteiger charge is -2.41. The lowest BCUT2D eigenvalue weighted by atomic mass is 9.94. The van der Waals surface area contributed by atoms with E-state index in [4.69, 9.17) is 4.43 Å². The van der Waals surface area contributed by atoms with Gasteiger partial charge in [0.25, 0.3) is 0 Å². The van der Waals surface area contributed by atoms with Gasteiger partial charge in [0.15, 0.2) is 8.32 Å². The normalized spacial score (nSPS) is 17.8. The Bertz CT molecular complexity index is 380. The smallest absolute Gasteiger partial charge is 0.192 e. The number of carbonyl (C=O) groups excluding carboxylic acids is 1. The van der Waals surface area contributed by atoms with Gasteiger partial charge in [-0.3, -0.25) is 4.79 Å². The third kappa shape index (κ3) is 7.03. The topological polar surface area (TPSA) is 46.5 Å². The molecule has 1 N–H and O–H groups in total. The van der Waals surface area contributed by atoms with Crippen molar-refractivity contribution in [1.82, 2.24) is 0 Å². The van der Waals surface area contributed by atoms with Gasteiger partial charge < -0.3 is 9.53 Å². The van der Waals surface area contributed by atoms with Crippen LogP contribution in [0.5, 0.6) is 0 Å². The molecule has 0 saturated heterocycles. The molecule has 3 atom stereocenters. The summed E-state index contributed by atoms with van der Waals surface area (Å²) in [6.07, 6.45) is 8.64. The number of carbonyl (C=O) groups is 1. The van der Waals surface area contributed by atoms with Crippen molar-refractivity contribution < 1.29 is 14.3 Å². The minimum Gasteiger partial charge on any atom is -0.414 e. The monoisotopic (exact) mass is 326 g/mol. The zero-order chi connectivity index (χ0) is 17.4. The quantitative estimate of drug-likeness (QED) is 0.294. The SMILES string of the molecule is CC[C@H](O[Si](C)(C)C(C)(C)C)[C@@H](C)[C@H](O)C/C=C/C=C/C=O. The van der Waals surface area contributed by atoms with E-state index in [2.05, 4.69) is 47.7 Å². The van der Waals surface area contributed by atoms with E-state index in [1.165, 1.54) is 6.08 Å². The third-order valence-electron chi connectivity index (χ3n) is 4.66. The van der Waals surface area contributed by atoms with E-state index in [0.717, 1.165) is 12.7 Å². The van der Waals surface area contributed by atoms with Gasteiger partial charge in [-0.15, -0.1) is 0 Å². The molecular weight excluding hydrogens is 292 g/mol. The van der Waals surface area contributed by atoms with E-state index in [9.17, 15) is 9.90 Å². The standard InChI is InChI=1S/C18H34O3Si/c1-8-17(21-22(6,7)18(3,4)5)15(2)16(20)13-11-9-10-12-14-19/h9-12,14-17,20H,8,13H2,1-7H3/b11-9+,12-10+/t15-,16+,17-/m0/s1. The molecule has 0 bridgehead atoms. The molecule has 0 aliphatic rings. The summed E-state index contributed by atoms with van der Waals surface area (Å²) in [6, 6.07) is 0. The third-order valence-corrected chi connectivity index (χ3v) is 9.17. The molecular formula is C18H34O3Si. The summed E-state index contributed by atoms with van der Waals surface area (Å²) in [5, 5.41) is 10.5. The summed E-state index contributed by atoms with van der Waals surface area (Å²) >= 11 is 0. The Morgan fingerprint density at radius 2 is 1.77 bits per heavy atom. The van der Waals surface area contributed by atoms with Gasteiger partial charge in [0.2, 0.25) is 0 Å². The lowest BCUT2D eigenvalue weighted by Crippen LogP contribution is -2.46. The number of hydrogen-bond donors (Lipinski definition) is 1. The highest BCUT2D eigenvalue weighted by Crippen LogP contribution is 2.38. The Morgan fingerprint density at radius 3 is 2.23 bits per heavy atom. The fourth-order valence-corrected chi connectivity index (χ4v) is 3.48. The molecule has 0 aromatic rings. The van der Waals surface area contributed by atoms with Gasteiger partial charge in [0.05, 0.1) is 6.10 Å². The van der Waals surface area contributed by atoms with Crippen LogP contribution in [0.4, 0.5) is 0 Å². The summed E-state index contributed by atoms with van der Waals surface area (Å²) < 4.78 is 6.47. The molecule has 22 heavy (non-hydrogen) atoms. The molecule has 0 aromatic heterocycles. The van der Waals surface area contributed by atoms with Gasteiger partial charge >= 0.3 is 0 Å². The summed E-state index contributed by atoms with van der Waals surface area (Å²) in [7, 11) is -1.83. The van der Waals surface area contributed by atoms with E-state index >= 15 is 0 Å². The van der Waals surface area contributed by atoms with Crippen molar-refractivity contribution >= 4 is 14.6 Å². The molecule has 0 rings (SSSR count). The summed E-state index contributed by atoms with van der Waals surface area (Å²) in [5.41, 5.74) is 0. The van der Waals surface area contributed by atoms with Crippen LogP contribution in [0.3, 0.4) is 0 Å². The number of hydrogen-bond acceptors (Lipinski definition) is 3. The Hall–Kier alpha value is -0.713. The molecule has 0 saturated carbocycles. The molecule has 4 heteroatoms. The summed E-state index contributed by atoms with van der Waals surface area (Å²) in [6.45, 7) is 15.4. The number of aliphatic hydroxyl groups is 1. The van der Waals surface area contributed by atoms with Crippen molar-refractivity contribution in [2.24, 2.45) is 5.92 Å². The highest BCUT2D eigenvalue weighted by atomic mass is 28.4. The number of rotatable bonds is 9. The fourth-order valence-electron chi connectivity index (χ4n) is 1.99. The molecule has 0 fully saturated rings. The van der Waals surface area contributed by atoms with Crippen LogP contribution in [0.1, 0.15) is 47.5 Å². The summed E-state index contributed by atoms with van der Waals surface area (Å²) in [4.78, 5) is 10.2. The van der Waals surface area contributed by atoms with Gasteiger partial charge in [-0.25, -0.2) is 0 Å². The molecule has 3 nitrogen and oxygen atoms in total. The maximum absolute atomic E-state index is 10.4. The van der Waals surface area contributed by atoms with E-state index < -0.39 is 14.4 Å². The average molecular weight is 327 g/mol.